The van der Waals surface area contributed by atoms with E-state index in [9.17, 15) is 9.59 Å². The number of ether oxygens (including phenoxy) is 1. The van der Waals surface area contributed by atoms with E-state index in [4.69, 9.17) is 9.15 Å². The molecule has 0 radical (unpaired) electrons. The van der Waals surface area contributed by atoms with E-state index in [1.165, 1.54) is 7.11 Å². The van der Waals surface area contributed by atoms with Crippen LogP contribution < -0.4 is 11.1 Å². The molecule has 2 aromatic rings. The van der Waals surface area contributed by atoms with Gasteiger partial charge in [-0.15, -0.1) is 0 Å². The predicted octanol–water partition coefficient (Wildman–Crippen LogP) is 1.73. The number of carbonyl (C=O) groups is 1. The summed E-state index contributed by atoms with van der Waals surface area (Å²) in [5.74, 6) is -0.898. The Balaban J connectivity index is 2.08. The van der Waals surface area contributed by atoms with Gasteiger partial charge in [-0.2, -0.15) is 0 Å². The number of fused-ring (bicyclic) bond motifs is 1. The van der Waals surface area contributed by atoms with Crippen molar-refractivity contribution < 1.29 is 13.9 Å². The largest absolute Gasteiger partial charge is 0.469 e. The van der Waals surface area contributed by atoms with E-state index in [1.807, 2.05) is 6.92 Å². The zero-order valence-electron chi connectivity index (χ0n) is 10.9. The van der Waals surface area contributed by atoms with E-state index in [1.54, 1.807) is 18.2 Å². The fraction of sp³-hybridized carbons (Fsp3) is 0.385. The smallest absolute Gasteiger partial charge is 0.417 e. The van der Waals surface area contributed by atoms with Crippen LogP contribution in [0.3, 0.4) is 0 Å². The number of carbonyl (C=O) groups excluding carboxylic acids is 1. The van der Waals surface area contributed by atoms with E-state index in [0.29, 0.717) is 24.1 Å². The lowest BCUT2D eigenvalue weighted by atomic mass is 10.1. The Bertz CT molecular complexity index is 629. The highest BCUT2D eigenvalue weighted by atomic mass is 16.5. The van der Waals surface area contributed by atoms with Gasteiger partial charge in [-0.3, -0.25) is 9.78 Å². The van der Waals surface area contributed by atoms with Crippen LogP contribution in [0.2, 0.25) is 0 Å². The molecule has 2 rings (SSSR count). The number of aromatic nitrogens is 1. The van der Waals surface area contributed by atoms with Gasteiger partial charge in [-0.25, -0.2) is 4.79 Å². The van der Waals surface area contributed by atoms with E-state index in [-0.39, 0.29) is 11.9 Å². The third-order valence-electron chi connectivity index (χ3n) is 3.00. The summed E-state index contributed by atoms with van der Waals surface area (Å²) in [5.41, 5.74) is 1.95. The standard InChI is InChI=1S/C13H16N2O4/c1-3-8(12(16)18-2)7-14-9-4-5-11-10(6-9)15-13(17)19-11/h4-6,8,14H,3,7H2,1-2H3,(H,15,17). The number of methoxy groups -OCH3 is 1. The molecule has 0 fully saturated rings. The molecular weight excluding hydrogens is 248 g/mol. The second-order valence-electron chi connectivity index (χ2n) is 4.23. The summed E-state index contributed by atoms with van der Waals surface area (Å²) in [6, 6.07) is 5.27. The van der Waals surface area contributed by atoms with Crippen LogP contribution >= 0.6 is 0 Å². The molecule has 102 valence electrons. The molecule has 0 aliphatic rings. The molecule has 1 heterocycles. The molecule has 0 aliphatic carbocycles. The maximum absolute atomic E-state index is 11.5. The first kappa shape index (κ1) is 13.2. The number of anilines is 1. The summed E-state index contributed by atoms with van der Waals surface area (Å²) >= 11 is 0. The summed E-state index contributed by atoms with van der Waals surface area (Å²) in [6.07, 6.45) is 0.699. The second kappa shape index (κ2) is 5.60. The summed E-state index contributed by atoms with van der Waals surface area (Å²) in [6.45, 7) is 2.41. The average Bonchev–Trinajstić information content (AvgIpc) is 2.78. The number of oxazole rings is 1. The minimum absolute atomic E-state index is 0.191. The fourth-order valence-electron chi connectivity index (χ4n) is 1.86. The molecule has 1 aromatic heterocycles. The fourth-order valence-corrected chi connectivity index (χ4v) is 1.86. The molecule has 1 unspecified atom stereocenters. The van der Waals surface area contributed by atoms with Crippen LogP contribution in [-0.2, 0) is 9.53 Å². The van der Waals surface area contributed by atoms with Gasteiger partial charge < -0.3 is 14.5 Å². The average molecular weight is 264 g/mol. The highest BCUT2D eigenvalue weighted by Gasteiger charge is 2.16. The lowest BCUT2D eigenvalue weighted by Gasteiger charge is -2.14. The third-order valence-corrected chi connectivity index (χ3v) is 3.00. The number of hydrogen-bond acceptors (Lipinski definition) is 5. The van der Waals surface area contributed by atoms with Gasteiger partial charge in [0.15, 0.2) is 5.58 Å². The number of hydrogen-bond donors (Lipinski definition) is 2. The van der Waals surface area contributed by atoms with E-state index in [0.717, 1.165) is 5.69 Å². The van der Waals surface area contributed by atoms with Crippen LogP contribution in [0, 0.1) is 5.92 Å². The van der Waals surface area contributed by atoms with E-state index >= 15 is 0 Å². The SMILES string of the molecule is CCC(CNc1ccc2oc(=O)[nH]c2c1)C(=O)OC. The first-order valence-electron chi connectivity index (χ1n) is 6.08. The van der Waals surface area contributed by atoms with Crippen LogP contribution in [0.5, 0.6) is 0 Å². The zero-order valence-corrected chi connectivity index (χ0v) is 10.9. The van der Waals surface area contributed by atoms with Crippen molar-refractivity contribution in [3.8, 4) is 0 Å². The molecule has 0 saturated heterocycles. The Labute approximate surface area is 109 Å². The van der Waals surface area contributed by atoms with Crippen LogP contribution in [0.4, 0.5) is 5.69 Å². The van der Waals surface area contributed by atoms with Crippen molar-refractivity contribution in [3.05, 3.63) is 28.7 Å². The molecule has 2 N–H and O–H groups in total. The quantitative estimate of drug-likeness (QED) is 0.803. The van der Waals surface area contributed by atoms with Crippen LogP contribution in [0.1, 0.15) is 13.3 Å². The first-order valence-corrected chi connectivity index (χ1v) is 6.08. The van der Waals surface area contributed by atoms with Gasteiger partial charge in [0.2, 0.25) is 0 Å². The van der Waals surface area contributed by atoms with Gasteiger partial charge in [-0.1, -0.05) is 6.92 Å². The number of aromatic amines is 1. The number of benzene rings is 1. The number of rotatable bonds is 5. The maximum Gasteiger partial charge on any atom is 0.417 e. The van der Waals surface area contributed by atoms with Crippen LogP contribution in [0.25, 0.3) is 11.1 Å². The summed E-state index contributed by atoms with van der Waals surface area (Å²) in [5, 5.41) is 3.15. The summed E-state index contributed by atoms with van der Waals surface area (Å²) in [4.78, 5) is 25.1. The Morgan fingerprint density at radius 3 is 3.00 bits per heavy atom. The van der Waals surface area contributed by atoms with Crippen molar-refractivity contribution >= 4 is 22.8 Å². The van der Waals surface area contributed by atoms with Crippen LogP contribution in [-0.4, -0.2) is 24.6 Å². The van der Waals surface area contributed by atoms with Crippen molar-refractivity contribution in [3.63, 3.8) is 0 Å². The number of nitrogens with one attached hydrogen (secondary N) is 2. The van der Waals surface area contributed by atoms with E-state index in [2.05, 4.69) is 10.3 Å². The highest BCUT2D eigenvalue weighted by molar-refractivity contribution is 5.77. The first-order chi connectivity index (χ1) is 9.13. The van der Waals surface area contributed by atoms with Gasteiger partial charge in [0.25, 0.3) is 0 Å². The van der Waals surface area contributed by atoms with Crippen molar-refractivity contribution in [2.75, 3.05) is 19.0 Å². The topological polar surface area (TPSA) is 84.3 Å². The van der Waals surface area contributed by atoms with Gasteiger partial charge in [0, 0.05) is 12.2 Å². The Kier molecular flexibility index (Phi) is 3.89. The summed E-state index contributed by atoms with van der Waals surface area (Å²) < 4.78 is 9.64. The van der Waals surface area contributed by atoms with Gasteiger partial charge in [0.05, 0.1) is 18.5 Å². The minimum atomic E-state index is -0.479. The molecule has 6 nitrogen and oxygen atoms in total. The Morgan fingerprint density at radius 1 is 1.53 bits per heavy atom. The Hall–Kier alpha value is -2.24. The number of esters is 1. The molecule has 6 heteroatoms. The summed E-state index contributed by atoms with van der Waals surface area (Å²) in [7, 11) is 1.38. The van der Waals surface area contributed by atoms with E-state index < -0.39 is 5.76 Å². The lowest BCUT2D eigenvalue weighted by Crippen LogP contribution is -2.23. The minimum Gasteiger partial charge on any atom is -0.469 e. The maximum atomic E-state index is 11.5. The van der Waals surface area contributed by atoms with Crippen molar-refractivity contribution in [2.24, 2.45) is 5.92 Å². The molecule has 1 aromatic carbocycles. The third kappa shape index (κ3) is 2.96. The monoisotopic (exact) mass is 264 g/mol. The second-order valence-corrected chi connectivity index (χ2v) is 4.23. The molecule has 0 aliphatic heterocycles. The van der Waals surface area contributed by atoms with Crippen molar-refractivity contribution in [2.45, 2.75) is 13.3 Å². The molecule has 0 amide bonds. The van der Waals surface area contributed by atoms with Crippen LogP contribution in [0.15, 0.2) is 27.4 Å². The molecule has 1 atom stereocenters. The molecular formula is C13H16N2O4. The predicted molar refractivity (Wildman–Crippen MR) is 71.1 cm³/mol. The van der Waals surface area contributed by atoms with Gasteiger partial charge >= 0.3 is 11.7 Å². The molecule has 0 spiro atoms. The normalized spacial score (nSPS) is 12.3. The van der Waals surface area contributed by atoms with Gasteiger partial charge in [0.1, 0.15) is 0 Å². The number of H-pyrrole nitrogens is 1. The molecule has 0 bridgehead atoms. The van der Waals surface area contributed by atoms with Crippen molar-refractivity contribution in [1.29, 1.82) is 0 Å². The van der Waals surface area contributed by atoms with Gasteiger partial charge in [-0.05, 0) is 24.6 Å². The van der Waals surface area contributed by atoms with Crippen molar-refractivity contribution in [1.82, 2.24) is 4.98 Å². The molecule has 19 heavy (non-hydrogen) atoms. The Morgan fingerprint density at radius 2 is 2.32 bits per heavy atom. The lowest BCUT2D eigenvalue weighted by molar-refractivity contribution is -0.145. The zero-order chi connectivity index (χ0) is 13.8. The highest BCUT2D eigenvalue weighted by Crippen LogP contribution is 2.17. The molecule has 0 saturated carbocycles.